The molecule has 0 fully saturated rings. The fraction of sp³-hybridized carbons (Fsp3) is 0.778. The maximum atomic E-state index is 13.0. The minimum absolute atomic E-state index is 0.0482. The van der Waals surface area contributed by atoms with Crippen molar-refractivity contribution in [3.63, 3.8) is 0 Å². The van der Waals surface area contributed by atoms with Crippen LogP contribution in [0.25, 0.3) is 0 Å². The van der Waals surface area contributed by atoms with E-state index in [0.717, 1.165) is 19.3 Å². The molecule has 1 aromatic carbocycles. The summed E-state index contributed by atoms with van der Waals surface area (Å²) in [5, 5.41) is 0. The number of ether oxygens (including phenoxy) is 3. The van der Waals surface area contributed by atoms with Crippen LogP contribution in [-0.4, -0.2) is 52.9 Å². The van der Waals surface area contributed by atoms with E-state index in [1.165, 1.54) is 51.4 Å². The lowest BCUT2D eigenvalue weighted by Gasteiger charge is -2.17. The monoisotopic (exact) mass is 532 g/mol. The molecule has 210 valence electrons. The Morgan fingerprint density at radius 2 is 1.08 bits per heavy atom. The van der Waals surface area contributed by atoms with Crippen molar-refractivity contribution in [3.05, 3.63) is 30.3 Å². The third kappa shape index (κ3) is 20.1. The van der Waals surface area contributed by atoms with Crippen LogP contribution in [0.1, 0.15) is 84.5 Å². The topological polar surface area (TPSA) is 81.7 Å². The van der Waals surface area contributed by atoms with Gasteiger partial charge in [-0.25, -0.2) is 4.57 Å². The van der Waals surface area contributed by atoms with Gasteiger partial charge in [0, 0.05) is 6.61 Å². The van der Waals surface area contributed by atoms with E-state index >= 15 is 0 Å². The number of unbranched alkanes of at least 4 members (excludes halogenated alkanes) is 10. The number of hydrogen-bond acceptors (Lipinski definition) is 8. The van der Waals surface area contributed by atoms with Crippen LogP contribution in [0.5, 0.6) is 5.75 Å². The van der Waals surface area contributed by atoms with Crippen LogP contribution >= 0.6 is 7.82 Å². The third-order valence-corrected chi connectivity index (χ3v) is 6.65. The summed E-state index contributed by atoms with van der Waals surface area (Å²) in [6.07, 6.45) is 13.5. The average molecular weight is 533 g/mol. The van der Waals surface area contributed by atoms with Gasteiger partial charge in [-0.05, 0) is 25.5 Å². The lowest BCUT2D eigenvalue weighted by Crippen LogP contribution is -2.12. The van der Waals surface area contributed by atoms with E-state index < -0.39 is 7.82 Å². The molecule has 1 unspecified atom stereocenters. The molecule has 0 aliphatic heterocycles. The van der Waals surface area contributed by atoms with Crippen LogP contribution in [-0.2, 0) is 32.5 Å². The van der Waals surface area contributed by atoms with Crippen LogP contribution in [0.4, 0.5) is 0 Å². The summed E-state index contributed by atoms with van der Waals surface area (Å²) < 4.78 is 45.1. The summed E-state index contributed by atoms with van der Waals surface area (Å²) in [6, 6.07) is 8.83. The first-order valence-electron chi connectivity index (χ1n) is 13.7. The van der Waals surface area contributed by atoms with Crippen molar-refractivity contribution in [1.82, 2.24) is 0 Å². The molecule has 8 nitrogen and oxygen atoms in total. The molecule has 0 N–H and O–H groups in total. The molecule has 0 radical (unpaired) electrons. The Balaban J connectivity index is 2.20. The summed E-state index contributed by atoms with van der Waals surface area (Å²) in [7, 11) is -3.89. The normalized spacial score (nSPS) is 13.1. The van der Waals surface area contributed by atoms with Crippen LogP contribution in [0.2, 0.25) is 0 Å². The summed E-state index contributed by atoms with van der Waals surface area (Å²) >= 11 is 0. The van der Waals surface area contributed by atoms with Crippen molar-refractivity contribution in [2.24, 2.45) is 0 Å². The maximum absolute atomic E-state index is 13.0. The van der Waals surface area contributed by atoms with Gasteiger partial charge in [0.05, 0.1) is 46.2 Å². The van der Waals surface area contributed by atoms with Crippen molar-refractivity contribution in [3.8, 4) is 5.75 Å². The van der Waals surface area contributed by atoms with Gasteiger partial charge in [0.2, 0.25) is 0 Å². The molecular weight excluding hydrogens is 483 g/mol. The molecular formula is C27H49O8P. The van der Waals surface area contributed by atoms with E-state index in [2.05, 4.69) is 6.92 Å². The second kappa shape index (κ2) is 24.4. The van der Waals surface area contributed by atoms with Gasteiger partial charge in [-0.2, -0.15) is 0 Å². The van der Waals surface area contributed by atoms with Crippen LogP contribution in [0.15, 0.2) is 30.3 Å². The van der Waals surface area contributed by atoms with Crippen molar-refractivity contribution in [2.45, 2.75) is 84.5 Å². The van der Waals surface area contributed by atoms with E-state index in [0.29, 0.717) is 38.8 Å². The molecule has 0 spiro atoms. The first-order valence-corrected chi connectivity index (χ1v) is 15.2. The van der Waals surface area contributed by atoms with Gasteiger partial charge >= 0.3 is 7.82 Å². The highest BCUT2D eigenvalue weighted by Gasteiger charge is 2.29. The molecule has 0 heterocycles. The molecule has 36 heavy (non-hydrogen) atoms. The van der Waals surface area contributed by atoms with Gasteiger partial charge in [-0.1, -0.05) is 94.0 Å². The molecule has 1 rings (SSSR count). The van der Waals surface area contributed by atoms with Gasteiger partial charge in [0.25, 0.3) is 0 Å². The zero-order valence-electron chi connectivity index (χ0n) is 22.5. The highest BCUT2D eigenvalue weighted by Crippen LogP contribution is 2.49. The van der Waals surface area contributed by atoms with Gasteiger partial charge in [0.15, 0.2) is 5.75 Å². The zero-order chi connectivity index (χ0) is 26.0. The first kappa shape index (κ1) is 33.0. The quantitative estimate of drug-likeness (QED) is 0.0498. The van der Waals surface area contributed by atoms with Crippen molar-refractivity contribution < 1.29 is 37.4 Å². The number of rotatable bonds is 27. The number of benzene rings is 1. The number of phosphoric ester groups is 1. The maximum Gasteiger partial charge on any atom is 0.511 e. The molecule has 0 aromatic heterocycles. The van der Waals surface area contributed by atoms with E-state index in [9.17, 15) is 4.57 Å². The van der Waals surface area contributed by atoms with E-state index in [1.54, 1.807) is 24.3 Å². The number of para-hydroxylation sites is 1. The van der Waals surface area contributed by atoms with E-state index in [-0.39, 0.29) is 19.8 Å². The molecule has 1 aromatic rings. The summed E-state index contributed by atoms with van der Waals surface area (Å²) in [5.74, 6) is 0.417. The van der Waals surface area contributed by atoms with Crippen molar-refractivity contribution in [2.75, 3.05) is 52.9 Å². The Kier molecular flexibility index (Phi) is 22.3. The number of phosphoric acid groups is 1. The fourth-order valence-electron chi connectivity index (χ4n) is 3.38. The van der Waals surface area contributed by atoms with Gasteiger partial charge < -0.3 is 19.1 Å². The Bertz CT molecular complexity index is 631. The predicted octanol–water partition coefficient (Wildman–Crippen LogP) is 7.52. The predicted molar refractivity (Wildman–Crippen MR) is 142 cm³/mol. The lowest BCUT2D eigenvalue weighted by atomic mass is 10.1. The summed E-state index contributed by atoms with van der Waals surface area (Å²) in [4.78, 5) is 5.19. The molecule has 0 saturated heterocycles. The molecule has 9 heteroatoms. The highest BCUT2D eigenvalue weighted by molar-refractivity contribution is 7.48. The highest BCUT2D eigenvalue weighted by atomic mass is 31.2. The largest absolute Gasteiger partial charge is 0.511 e. The summed E-state index contributed by atoms with van der Waals surface area (Å²) in [5.41, 5.74) is 0. The molecule has 0 amide bonds. The Hall–Kier alpha value is -0.990. The van der Waals surface area contributed by atoms with Gasteiger partial charge in [-0.15, -0.1) is 0 Å². The van der Waals surface area contributed by atoms with Gasteiger partial charge in [0.1, 0.15) is 0 Å². The Morgan fingerprint density at radius 1 is 0.583 bits per heavy atom. The molecule has 0 aliphatic carbocycles. The Labute approximate surface area is 218 Å². The van der Waals surface area contributed by atoms with E-state index in [4.69, 9.17) is 32.8 Å². The van der Waals surface area contributed by atoms with Crippen LogP contribution in [0, 0.1) is 0 Å². The molecule has 1 atom stereocenters. The Morgan fingerprint density at radius 3 is 1.67 bits per heavy atom. The average Bonchev–Trinajstić information content (AvgIpc) is 2.90. The number of hydrogen-bond donors (Lipinski definition) is 0. The van der Waals surface area contributed by atoms with Crippen molar-refractivity contribution >= 4 is 7.82 Å². The second-order valence-corrected chi connectivity index (χ2v) is 10.1. The second-order valence-electron chi connectivity index (χ2n) is 8.54. The SMILES string of the molecule is CCCCCCCCCCCCCOP(=O)(OCCOCCOCCOCC)OOc1ccccc1. The van der Waals surface area contributed by atoms with E-state index in [1.807, 2.05) is 13.0 Å². The smallest absolute Gasteiger partial charge is 0.379 e. The van der Waals surface area contributed by atoms with Crippen molar-refractivity contribution in [1.29, 1.82) is 0 Å². The lowest BCUT2D eigenvalue weighted by molar-refractivity contribution is -0.134. The van der Waals surface area contributed by atoms with Crippen LogP contribution < -0.4 is 4.89 Å². The third-order valence-electron chi connectivity index (χ3n) is 5.39. The van der Waals surface area contributed by atoms with Gasteiger partial charge in [-0.3, -0.25) is 9.05 Å². The first-order chi connectivity index (χ1) is 17.7. The zero-order valence-corrected chi connectivity index (χ0v) is 23.4. The summed E-state index contributed by atoms with van der Waals surface area (Å²) in [6.45, 7) is 7.37. The molecule has 0 saturated carbocycles. The molecule has 0 aliphatic rings. The minimum Gasteiger partial charge on any atom is -0.379 e. The minimum atomic E-state index is -3.89. The fourth-order valence-corrected chi connectivity index (χ4v) is 4.37. The standard InChI is InChI=1S/C27H49O8P/c1-3-5-6-7-8-9-10-11-12-13-17-20-32-36(28,35-34-27-18-15-14-16-19-27)33-26-25-31-24-23-30-22-21-29-4-2/h14-16,18-19H,3-13,17,20-26H2,1-2H3. The van der Waals surface area contributed by atoms with Crippen LogP contribution in [0.3, 0.4) is 0 Å². The molecule has 0 bridgehead atoms.